The van der Waals surface area contributed by atoms with Crippen LogP contribution in [0.1, 0.15) is 32.9 Å². The lowest BCUT2D eigenvalue weighted by Crippen LogP contribution is -2.09. The summed E-state index contributed by atoms with van der Waals surface area (Å²) in [6.45, 7) is 6.43. The Hall–Kier alpha value is -1.44. The van der Waals surface area contributed by atoms with Crippen LogP contribution in [0.3, 0.4) is 0 Å². The van der Waals surface area contributed by atoms with Gasteiger partial charge in [0.05, 0.1) is 6.10 Å². The van der Waals surface area contributed by atoms with Gasteiger partial charge in [-0.3, -0.25) is 0 Å². The van der Waals surface area contributed by atoms with E-state index in [1.54, 1.807) is 0 Å². The van der Waals surface area contributed by atoms with Gasteiger partial charge in [-0.05, 0) is 44.0 Å². The molecule has 1 heterocycles. The van der Waals surface area contributed by atoms with E-state index in [1.807, 2.05) is 0 Å². The molecule has 2 rings (SSSR count). The molecule has 2 aromatic rings. The molecular weight excluding hydrogens is 210 g/mol. The van der Waals surface area contributed by atoms with Crippen molar-refractivity contribution in [3.05, 3.63) is 30.0 Å². The van der Waals surface area contributed by atoms with Crippen molar-refractivity contribution < 1.29 is 4.74 Å². The molecule has 0 aliphatic heterocycles. The summed E-state index contributed by atoms with van der Waals surface area (Å²) in [7, 11) is 2.12. The zero-order valence-corrected chi connectivity index (χ0v) is 11.2. The number of aromatic nitrogens is 1. The third-order valence-corrected chi connectivity index (χ3v) is 3.39. The Balaban J connectivity index is 2.37. The SMILES string of the molecule is CCc1cc2cc(OC(C)CC)ccc2n1C. The molecule has 17 heavy (non-hydrogen) atoms. The van der Waals surface area contributed by atoms with E-state index in [0.29, 0.717) is 0 Å². The van der Waals surface area contributed by atoms with Crippen LogP contribution in [0, 0.1) is 0 Å². The number of aryl methyl sites for hydroxylation is 2. The van der Waals surface area contributed by atoms with Crippen LogP contribution in [0.2, 0.25) is 0 Å². The second-order valence-electron chi connectivity index (χ2n) is 4.61. The molecule has 0 N–H and O–H groups in total. The molecule has 1 atom stereocenters. The minimum Gasteiger partial charge on any atom is -0.491 e. The summed E-state index contributed by atoms with van der Waals surface area (Å²) in [4.78, 5) is 0. The predicted octanol–water partition coefficient (Wildman–Crippen LogP) is 3.92. The first-order chi connectivity index (χ1) is 8.15. The van der Waals surface area contributed by atoms with Crippen LogP contribution in [0.15, 0.2) is 24.3 Å². The quantitative estimate of drug-likeness (QED) is 0.778. The van der Waals surface area contributed by atoms with E-state index in [2.05, 4.69) is 56.7 Å². The van der Waals surface area contributed by atoms with Crippen LogP contribution in [-0.2, 0) is 13.5 Å². The summed E-state index contributed by atoms with van der Waals surface area (Å²) in [5, 5.41) is 1.27. The van der Waals surface area contributed by atoms with Gasteiger partial charge in [0, 0.05) is 23.6 Å². The Bertz CT molecular complexity index is 513. The fraction of sp³-hybridized carbons (Fsp3) is 0.467. The highest BCUT2D eigenvalue weighted by Crippen LogP contribution is 2.25. The molecule has 0 fully saturated rings. The van der Waals surface area contributed by atoms with Crippen molar-refractivity contribution in [2.24, 2.45) is 7.05 Å². The molecule has 0 bridgehead atoms. The molecule has 0 aliphatic rings. The van der Waals surface area contributed by atoms with E-state index in [1.165, 1.54) is 16.6 Å². The number of rotatable bonds is 4. The third-order valence-electron chi connectivity index (χ3n) is 3.39. The summed E-state index contributed by atoms with van der Waals surface area (Å²) in [5.41, 5.74) is 2.64. The summed E-state index contributed by atoms with van der Waals surface area (Å²) in [5.74, 6) is 0.972. The van der Waals surface area contributed by atoms with Gasteiger partial charge in [0.2, 0.25) is 0 Å². The number of fused-ring (bicyclic) bond motifs is 1. The Morgan fingerprint density at radius 1 is 1.24 bits per heavy atom. The summed E-state index contributed by atoms with van der Waals surface area (Å²) in [6, 6.07) is 8.60. The first-order valence-electron chi connectivity index (χ1n) is 6.40. The molecule has 1 aromatic heterocycles. The molecule has 0 amide bonds. The summed E-state index contributed by atoms with van der Waals surface area (Å²) < 4.78 is 8.10. The predicted molar refractivity (Wildman–Crippen MR) is 72.7 cm³/mol. The molecule has 1 aromatic carbocycles. The lowest BCUT2D eigenvalue weighted by Gasteiger charge is -2.12. The van der Waals surface area contributed by atoms with Gasteiger partial charge in [-0.25, -0.2) is 0 Å². The first-order valence-corrected chi connectivity index (χ1v) is 6.40. The highest BCUT2D eigenvalue weighted by Gasteiger charge is 2.06. The van der Waals surface area contributed by atoms with Crippen LogP contribution in [0.4, 0.5) is 0 Å². The summed E-state index contributed by atoms with van der Waals surface area (Å²) in [6.07, 6.45) is 2.38. The lowest BCUT2D eigenvalue weighted by molar-refractivity contribution is 0.218. The van der Waals surface area contributed by atoms with Gasteiger partial charge in [-0.15, -0.1) is 0 Å². The molecule has 92 valence electrons. The molecule has 0 saturated heterocycles. The Labute approximate surface area is 103 Å². The van der Waals surface area contributed by atoms with E-state index in [4.69, 9.17) is 4.74 Å². The van der Waals surface area contributed by atoms with E-state index in [-0.39, 0.29) is 6.10 Å². The second-order valence-corrected chi connectivity index (χ2v) is 4.61. The van der Waals surface area contributed by atoms with Crippen molar-refractivity contribution >= 4 is 10.9 Å². The first kappa shape index (κ1) is 12.0. The maximum Gasteiger partial charge on any atom is 0.120 e. The minimum absolute atomic E-state index is 0.279. The van der Waals surface area contributed by atoms with Crippen LogP contribution < -0.4 is 4.74 Å². The highest BCUT2D eigenvalue weighted by atomic mass is 16.5. The Morgan fingerprint density at radius 3 is 2.65 bits per heavy atom. The van der Waals surface area contributed by atoms with E-state index < -0.39 is 0 Å². The normalized spacial score (nSPS) is 12.9. The van der Waals surface area contributed by atoms with Gasteiger partial charge >= 0.3 is 0 Å². The van der Waals surface area contributed by atoms with Crippen molar-refractivity contribution in [3.8, 4) is 5.75 Å². The zero-order chi connectivity index (χ0) is 12.4. The van der Waals surface area contributed by atoms with Gasteiger partial charge in [0.25, 0.3) is 0 Å². The fourth-order valence-electron chi connectivity index (χ4n) is 2.11. The number of nitrogens with zero attached hydrogens (tertiary/aromatic N) is 1. The average Bonchev–Trinajstić information content (AvgIpc) is 2.65. The van der Waals surface area contributed by atoms with Crippen molar-refractivity contribution in [1.29, 1.82) is 0 Å². The molecule has 1 unspecified atom stereocenters. The van der Waals surface area contributed by atoms with Crippen molar-refractivity contribution in [2.45, 2.75) is 39.7 Å². The largest absolute Gasteiger partial charge is 0.491 e. The highest BCUT2D eigenvalue weighted by molar-refractivity contribution is 5.82. The number of hydrogen-bond acceptors (Lipinski definition) is 1. The topological polar surface area (TPSA) is 14.2 Å². The van der Waals surface area contributed by atoms with Gasteiger partial charge in [-0.1, -0.05) is 13.8 Å². The summed E-state index contributed by atoms with van der Waals surface area (Å²) >= 11 is 0. The molecule has 2 heteroatoms. The molecule has 0 aliphatic carbocycles. The van der Waals surface area contributed by atoms with E-state index in [0.717, 1.165) is 18.6 Å². The smallest absolute Gasteiger partial charge is 0.120 e. The number of hydrogen-bond donors (Lipinski definition) is 0. The molecular formula is C15H21NO. The van der Waals surface area contributed by atoms with E-state index in [9.17, 15) is 0 Å². The van der Waals surface area contributed by atoms with Gasteiger partial charge in [0.1, 0.15) is 5.75 Å². The molecule has 0 spiro atoms. The minimum atomic E-state index is 0.279. The van der Waals surface area contributed by atoms with Crippen LogP contribution in [-0.4, -0.2) is 10.7 Å². The van der Waals surface area contributed by atoms with Crippen molar-refractivity contribution in [2.75, 3.05) is 0 Å². The van der Waals surface area contributed by atoms with Crippen molar-refractivity contribution in [1.82, 2.24) is 4.57 Å². The Morgan fingerprint density at radius 2 is 2.00 bits per heavy atom. The maximum absolute atomic E-state index is 5.85. The van der Waals surface area contributed by atoms with Gasteiger partial charge < -0.3 is 9.30 Å². The monoisotopic (exact) mass is 231 g/mol. The van der Waals surface area contributed by atoms with E-state index >= 15 is 0 Å². The van der Waals surface area contributed by atoms with Gasteiger partial charge in [-0.2, -0.15) is 0 Å². The standard InChI is InChI=1S/C15H21NO/c1-5-11(3)17-14-7-8-15-12(10-14)9-13(6-2)16(15)4/h7-11H,5-6H2,1-4H3. The second kappa shape index (κ2) is 4.82. The maximum atomic E-state index is 5.85. The van der Waals surface area contributed by atoms with Crippen LogP contribution >= 0.6 is 0 Å². The Kier molecular flexibility index (Phi) is 3.41. The number of benzene rings is 1. The van der Waals surface area contributed by atoms with Crippen LogP contribution in [0.25, 0.3) is 10.9 Å². The van der Waals surface area contributed by atoms with Gasteiger partial charge in [0.15, 0.2) is 0 Å². The fourth-order valence-corrected chi connectivity index (χ4v) is 2.11. The average molecular weight is 231 g/mol. The third kappa shape index (κ3) is 2.31. The lowest BCUT2D eigenvalue weighted by atomic mass is 10.2. The number of ether oxygens (including phenoxy) is 1. The molecule has 0 radical (unpaired) electrons. The van der Waals surface area contributed by atoms with Crippen molar-refractivity contribution in [3.63, 3.8) is 0 Å². The zero-order valence-electron chi connectivity index (χ0n) is 11.2. The molecule has 0 saturated carbocycles. The molecule has 2 nitrogen and oxygen atoms in total. The van der Waals surface area contributed by atoms with Crippen LogP contribution in [0.5, 0.6) is 5.75 Å².